The van der Waals surface area contributed by atoms with Crippen LogP contribution in [0.1, 0.15) is 82.6 Å². The van der Waals surface area contributed by atoms with Crippen molar-refractivity contribution >= 4 is 0 Å². The van der Waals surface area contributed by atoms with Crippen molar-refractivity contribution in [2.75, 3.05) is 0 Å². The summed E-state index contributed by atoms with van der Waals surface area (Å²) < 4.78 is 26.4. The standard InChI is InChI=1S/C25H36F2/c1-2-3-4-5-19-8-13-22(14-9-19)23-15-10-20(11-16-23)6-7-21-12-17-24(26)25(27)18-21/h2,12,17-20,22-23H,1,3-11,13-16H2/t19-,20-,22-,23-. The summed E-state index contributed by atoms with van der Waals surface area (Å²) in [6, 6.07) is 4.36. The van der Waals surface area contributed by atoms with Gasteiger partial charge in [0.1, 0.15) is 0 Å². The van der Waals surface area contributed by atoms with Gasteiger partial charge in [0, 0.05) is 0 Å². The smallest absolute Gasteiger partial charge is 0.159 e. The number of unbranched alkanes of at least 4 members (excludes halogenated alkanes) is 1. The van der Waals surface area contributed by atoms with Crippen molar-refractivity contribution in [2.45, 2.75) is 83.5 Å². The van der Waals surface area contributed by atoms with Crippen molar-refractivity contribution < 1.29 is 8.78 Å². The van der Waals surface area contributed by atoms with E-state index < -0.39 is 11.6 Å². The second kappa shape index (κ2) is 10.4. The van der Waals surface area contributed by atoms with E-state index in [1.54, 1.807) is 6.07 Å². The molecule has 0 aromatic heterocycles. The van der Waals surface area contributed by atoms with Gasteiger partial charge in [0.25, 0.3) is 0 Å². The minimum atomic E-state index is -0.741. The molecule has 150 valence electrons. The Morgan fingerprint density at radius 2 is 1.41 bits per heavy atom. The highest BCUT2D eigenvalue weighted by molar-refractivity contribution is 5.17. The Balaban J connectivity index is 1.34. The van der Waals surface area contributed by atoms with E-state index in [9.17, 15) is 8.78 Å². The fourth-order valence-corrected chi connectivity index (χ4v) is 5.51. The van der Waals surface area contributed by atoms with E-state index in [1.807, 2.05) is 0 Å². The molecule has 1 aromatic rings. The molecule has 1 aromatic carbocycles. The van der Waals surface area contributed by atoms with Gasteiger partial charge in [-0.3, -0.25) is 0 Å². The van der Waals surface area contributed by atoms with Crippen LogP contribution < -0.4 is 0 Å². The first kappa shape index (κ1) is 20.6. The number of hydrogen-bond acceptors (Lipinski definition) is 0. The summed E-state index contributed by atoms with van der Waals surface area (Å²) in [5, 5.41) is 0. The quantitative estimate of drug-likeness (QED) is 0.321. The first-order valence-corrected chi connectivity index (χ1v) is 11.2. The molecule has 0 radical (unpaired) electrons. The second-order valence-electron chi connectivity index (χ2n) is 9.07. The highest BCUT2D eigenvalue weighted by Gasteiger charge is 2.30. The average Bonchev–Trinajstić information content (AvgIpc) is 2.70. The Bertz CT molecular complexity index is 578. The maximum absolute atomic E-state index is 13.3. The summed E-state index contributed by atoms with van der Waals surface area (Å²) in [5.41, 5.74) is 0.936. The fraction of sp³-hybridized carbons (Fsp3) is 0.680. The molecule has 0 heterocycles. The van der Waals surface area contributed by atoms with E-state index in [-0.39, 0.29) is 0 Å². The molecule has 0 saturated heterocycles. The van der Waals surface area contributed by atoms with Gasteiger partial charge in [-0.05, 0) is 92.7 Å². The molecule has 0 aliphatic heterocycles. The van der Waals surface area contributed by atoms with Crippen molar-refractivity contribution in [3.8, 4) is 0 Å². The van der Waals surface area contributed by atoms with Crippen LogP contribution in [-0.4, -0.2) is 0 Å². The van der Waals surface area contributed by atoms with E-state index >= 15 is 0 Å². The van der Waals surface area contributed by atoms with Gasteiger partial charge in [0.15, 0.2) is 11.6 Å². The molecule has 0 unspecified atom stereocenters. The summed E-state index contributed by atoms with van der Waals surface area (Å²) in [7, 11) is 0. The average molecular weight is 375 g/mol. The van der Waals surface area contributed by atoms with E-state index in [4.69, 9.17) is 0 Å². The Labute approximate surface area is 164 Å². The summed E-state index contributed by atoms with van der Waals surface area (Å²) >= 11 is 0. The topological polar surface area (TPSA) is 0 Å². The summed E-state index contributed by atoms with van der Waals surface area (Å²) in [4.78, 5) is 0. The maximum atomic E-state index is 13.3. The van der Waals surface area contributed by atoms with Gasteiger partial charge in [0.05, 0.1) is 0 Å². The normalized spacial score (nSPS) is 28.8. The van der Waals surface area contributed by atoms with Crippen LogP contribution in [0.5, 0.6) is 0 Å². The molecule has 0 N–H and O–H groups in total. The minimum Gasteiger partial charge on any atom is -0.204 e. The van der Waals surface area contributed by atoms with Crippen LogP contribution in [0.15, 0.2) is 30.9 Å². The first-order chi connectivity index (χ1) is 13.2. The lowest BCUT2D eigenvalue weighted by molar-refractivity contribution is 0.141. The van der Waals surface area contributed by atoms with Gasteiger partial charge >= 0.3 is 0 Å². The molecular weight excluding hydrogens is 338 g/mol. The van der Waals surface area contributed by atoms with Crippen molar-refractivity contribution in [1.82, 2.24) is 0 Å². The molecule has 0 nitrogen and oxygen atoms in total. The summed E-state index contributed by atoms with van der Waals surface area (Å²) in [6.45, 7) is 3.83. The van der Waals surface area contributed by atoms with Crippen LogP contribution in [0.25, 0.3) is 0 Å². The Kier molecular flexibility index (Phi) is 7.91. The van der Waals surface area contributed by atoms with Crippen molar-refractivity contribution in [3.63, 3.8) is 0 Å². The summed E-state index contributed by atoms with van der Waals surface area (Å²) in [5.74, 6) is 2.19. The van der Waals surface area contributed by atoms with Crippen LogP contribution in [0.3, 0.4) is 0 Å². The van der Waals surface area contributed by atoms with Crippen LogP contribution in [-0.2, 0) is 6.42 Å². The van der Waals surface area contributed by atoms with Gasteiger partial charge < -0.3 is 0 Å². The van der Waals surface area contributed by atoms with Gasteiger partial charge in [-0.15, -0.1) is 6.58 Å². The Morgan fingerprint density at radius 1 is 0.815 bits per heavy atom. The Hall–Kier alpha value is -1.18. The van der Waals surface area contributed by atoms with Crippen LogP contribution in [0.4, 0.5) is 8.78 Å². The van der Waals surface area contributed by atoms with Gasteiger partial charge in [-0.2, -0.15) is 0 Å². The molecule has 2 heteroatoms. The van der Waals surface area contributed by atoms with Crippen molar-refractivity contribution in [2.24, 2.45) is 23.7 Å². The zero-order valence-corrected chi connectivity index (χ0v) is 16.8. The largest absolute Gasteiger partial charge is 0.204 e. The lowest BCUT2D eigenvalue weighted by Crippen LogP contribution is -2.26. The predicted octanol–water partition coefficient (Wildman–Crippen LogP) is 7.87. The fourth-order valence-electron chi connectivity index (χ4n) is 5.51. The van der Waals surface area contributed by atoms with Crippen LogP contribution in [0, 0.1) is 35.3 Å². The molecule has 27 heavy (non-hydrogen) atoms. The van der Waals surface area contributed by atoms with Crippen molar-refractivity contribution in [1.29, 1.82) is 0 Å². The second-order valence-corrected chi connectivity index (χ2v) is 9.07. The molecule has 2 aliphatic rings. The van der Waals surface area contributed by atoms with Gasteiger partial charge in [-0.25, -0.2) is 8.78 Å². The molecule has 0 amide bonds. The van der Waals surface area contributed by atoms with Gasteiger partial charge in [0.2, 0.25) is 0 Å². The number of aryl methyl sites for hydroxylation is 1. The number of halogens is 2. The van der Waals surface area contributed by atoms with Crippen molar-refractivity contribution in [3.05, 3.63) is 48.1 Å². The third kappa shape index (κ3) is 6.16. The predicted molar refractivity (Wildman–Crippen MR) is 110 cm³/mol. The Morgan fingerprint density at radius 3 is 1.96 bits per heavy atom. The summed E-state index contributed by atoms with van der Waals surface area (Å²) in [6.07, 6.45) is 19.1. The number of allylic oxidation sites excluding steroid dienone is 1. The first-order valence-electron chi connectivity index (χ1n) is 11.2. The monoisotopic (exact) mass is 374 g/mol. The zero-order valence-electron chi connectivity index (χ0n) is 16.8. The highest BCUT2D eigenvalue weighted by Crippen LogP contribution is 2.43. The third-order valence-electron chi connectivity index (χ3n) is 7.30. The van der Waals surface area contributed by atoms with Crippen LogP contribution >= 0.6 is 0 Å². The lowest BCUT2D eigenvalue weighted by Gasteiger charge is -2.38. The zero-order chi connectivity index (χ0) is 19.1. The van der Waals surface area contributed by atoms with Crippen LogP contribution in [0.2, 0.25) is 0 Å². The molecule has 0 atom stereocenters. The molecule has 2 aliphatic carbocycles. The number of benzene rings is 1. The maximum Gasteiger partial charge on any atom is 0.159 e. The number of hydrogen-bond donors (Lipinski definition) is 0. The van der Waals surface area contributed by atoms with E-state index in [0.29, 0.717) is 0 Å². The molecule has 2 saturated carbocycles. The number of rotatable bonds is 8. The van der Waals surface area contributed by atoms with E-state index in [1.165, 1.54) is 82.8 Å². The molecule has 0 bridgehead atoms. The molecule has 0 spiro atoms. The van der Waals surface area contributed by atoms with Gasteiger partial charge in [-0.1, -0.05) is 44.2 Å². The minimum absolute atomic E-state index is 0.712. The SMILES string of the molecule is C=CCCC[C@H]1CC[C@H]([C@H]2CC[C@H](CCc3ccc(F)c(F)c3)CC2)CC1. The molecule has 2 fully saturated rings. The lowest BCUT2D eigenvalue weighted by atomic mass is 9.68. The van der Waals surface area contributed by atoms with E-state index in [0.717, 1.165) is 42.1 Å². The molecule has 3 rings (SSSR count). The highest BCUT2D eigenvalue weighted by atomic mass is 19.2. The third-order valence-corrected chi connectivity index (χ3v) is 7.30. The molecular formula is C25H36F2. The van der Waals surface area contributed by atoms with E-state index in [2.05, 4.69) is 12.7 Å².